The van der Waals surface area contributed by atoms with Crippen molar-refractivity contribution < 1.29 is 15.0 Å². The normalized spacial score (nSPS) is 10.9. The molecule has 0 saturated heterocycles. The van der Waals surface area contributed by atoms with Crippen LogP contribution in [0.5, 0.6) is 5.75 Å². The van der Waals surface area contributed by atoms with Crippen LogP contribution in [0.3, 0.4) is 0 Å². The van der Waals surface area contributed by atoms with Crippen LogP contribution in [0.25, 0.3) is 22.4 Å². The molecule has 106 valence electrons. The minimum atomic E-state index is -0.852. The van der Waals surface area contributed by atoms with Gasteiger partial charge in [-0.05, 0) is 24.3 Å². The van der Waals surface area contributed by atoms with Gasteiger partial charge >= 0.3 is 5.97 Å². The van der Waals surface area contributed by atoms with E-state index in [1.54, 1.807) is 18.2 Å². The number of carbonyl (C=O) groups is 1. The van der Waals surface area contributed by atoms with Gasteiger partial charge in [0.1, 0.15) is 11.6 Å². The maximum atomic E-state index is 10.9. The number of carboxylic acids is 1. The lowest BCUT2D eigenvalue weighted by atomic mass is 10.2. The SMILES string of the molecule is O=C(O)CCn1c(-c2cccc(O)c2)nc2ccccc21. The summed E-state index contributed by atoms with van der Waals surface area (Å²) in [5, 5.41) is 18.5. The number of fused-ring (bicyclic) bond motifs is 1. The average Bonchev–Trinajstić information content (AvgIpc) is 2.84. The Morgan fingerprint density at radius 2 is 1.95 bits per heavy atom. The molecule has 5 nitrogen and oxygen atoms in total. The lowest BCUT2D eigenvalue weighted by Gasteiger charge is -2.08. The first kappa shape index (κ1) is 13.2. The van der Waals surface area contributed by atoms with E-state index in [-0.39, 0.29) is 12.2 Å². The van der Waals surface area contributed by atoms with Crippen molar-refractivity contribution in [3.63, 3.8) is 0 Å². The van der Waals surface area contributed by atoms with Gasteiger partial charge in [-0.25, -0.2) is 4.98 Å². The van der Waals surface area contributed by atoms with Crippen LogP contribution < -0.4 is 0 Å². The summed E-state index contributed by atoms with van der Waals surface area (Å²) < 4.78 is 1.87. The maximum absolute atomic E-state index is 10.9. The number of nitrogens with zero attached hydrogens (tertiary/aromatic N) is 2. The highest BCUT2D eigenvalue weighted by Gasteiger charge is 2.13. The Morgan fingerprint density at radius 1 is 1.14 bits per heavy atom. The fourth-order valence-corrected chi connectivity index (χ4v) is 2.37. The number of aromatic hydroxyl groups is 1. The molecule has 3 aromatic rings. The van der Waals surface area contributed by atoms with Gasteiger partial charge in [0.25, 0.3) is 0 Å². The molecular formula is C16H14N2O3. The van der Waals surface area contributed by atoms with Crippen molar-refractivity contribution in [2.24, 2.45) is 0 Å². The molecule has 0 unspecified atom stereocenters. The van der Waals surface area contributed by atoms with Crippen molar-refractivity contribution in [3.8, 4) is 17.1 Å². The fraction of sp³-hybridized carbons (Fsp3) is 0.125. The number of hydrogen-bond acceptors (Lipinski definition) is 3. The number of phenolic OH excluding ortho intramolecular Hbond substituents is 1. The van der Waals surface area contributed by atoms with E-state index >= 15 is 0 Å². The highest BCUT2D eigenvalue weighted by atomic mass is 16.4. The second-order valence-electron chi connectivity index (χ2n) is 4.77. The zero-order valence-electron chi connectivity index (χ0n) is 11.2. The van der Waals surface area contributed by atoms with E-state index in [4.69, 9.17) is 5.11 Å². The number of rotatable bonds is 4. The van der Waals surface area contributed by atoms with E-state index in [0.29, 0.717) is 12.4 Å². The summed E-state index contributed by atoms with van der Waals surface area (Å²) in [6.07, 6.45) is 0.0200. The Balaban J connectivity index is 2.16. The van der Waals surface area contributed by atoms with Crippen LogP contribution in [0, 0.1) is 0 Å². The monoisotopic (exact) mass is 282 g/mol. The first-order chi connectivity index (χ1) is 10.1. The van der Waals surface area contributed by atoms with Gasteiger partial charge in [0, 0.05) is 12.1 Å². The van der Waals surface area contributed by atoms with Crippen molar-refractivity contribution in [2.75, 3.05) is 0 Å². The molecule has 0 fully saturated rings. The lowest BCUT2D eigenvalue weighted by molar-refractivity contribution is -0.137. The summed E-state index contributed by atoms with van der Waals surface area (Å²) >= 11 is 0. The van der Waals surface area contributed by atoms with Gasteiger partial charge in [0.15, 0.2) is 0 Å². The fourth-order valence-electron chi connectivity index (χ4n) is 2.37. The smallest absolute Gasteiger partial charge is 0.305 e. The summed E-state index contributed by atoms with van der Waals surface area (Å²) in [6.45, 7) is 0.334. The Labute approximate surface area is 121 Å². The molecule has 1 heterocycles. The number of carboxylic acid groups (broad SMARTS) is 1. The molecule has 21 heavy (non-hydrogen) atoms. The molecule has 0 aliphatic heterocycles. The number of hydrogen-bond donors (Lipinski definition) is 2. The van der Waals surface area contributed by atoms with Crippen LogP contribution in [-0.2, 0) is 11.3 Å². The van der Waals surface area contributed by atoms with Gasteiger partial charge in [-0.1, -0.05) is 24.3 Å². The topological polar surface area (TPSA) is 75.3 Å². The van der Waals surface area contributed by atoms with E-state index in [1.807, 2.05) is 34.9 Å². The van der Waals surface area contributed by atoms with E-state index in [1.165, 1.54) is 0 Å². The zero-order chi connectivity index (χ0) is 14.8. The standard InChI is InChI=1S/C16H14N2O3/c19-12-5-3-4-11(10-12)16-17-13-6-1-2-7-14(13)18(16)9-8-15(20)21/h1-7,10,19H,8-9H2,(H,20,21). The van der Waals surface area contributed by atoms with Crippen LogP contribution in [-0.4, -0.2) is 25.7 Å². The van der Waals surface area contributed by atoms with E-state index in [0.717, 1.165) is 16.6 Å². The zero-order valence-corrected chi connectivity index (χ0v) is 11.2. The molecule has 0 bridgehead atoms. The Bertz CT molecular complexity index is 808. The van der Waals surface area contributed by atoms with Crippen molar-refractivity contribution in [1.82, 2.24) is 9.55 Å². The Morgan fingerprint density at radius 3 is 2.71 bits per heavy atom. The molecule has 1 aromatic heterocycles. The summed E-state index contributed by atoms with van der Waals surface area (Å²) in [4.78, 5) is 15.4. The van der Waals surface area contributed by atoms with Crippen LogP contribution in [0.1, 0.15) is 6.42 Å². The number of aliphatic carboxylic acids is 1. The second-order valence-corrected chi connectivity index (χ2v) is 4.77. The van der Waals surface area contributed by atoms with Gasteiger partial charge in [0.2, 0.25) is 0 Å². The molecule has 0 spiro atoms. The quantitative estimate of drug-likeness (QED) is 0.771. The van der Waals surface area contributed by atoms with E-state index in [2.05, 4.69) is 4.98 Å². The molecule has 0 aliphatic carbocycles. The minimum Gasteiger partial charge on any atom is -0.508 e. The van der Waals surface area contributed by atoms with Crippen molar-refractivity contribution >= 4 is 17.0 Å². The average molecular weight is 282 g/mol. The molecule has 0 saturated carbocycles. The first-order valence-electron chi connectivity index (χ1n) is 6.61. The Kier molecular flexibility index (Phi) is 3.31. The van der Waals surface area contributed by atoms with Crippen LogP contribution in [0.2, 0.25) is 0 Å². The molecule has 0 atom stereocenters. The summed E-state index contributed by atoms with van der Waals surface area (Å²) in [7, 11) is 0. The Hall–Kier alpha value is -2.82. The molecule has 2 N–H and O–H groups in total. The minimum absolute atomic E-state index is 0.0200. The number of imidazole rings is 1. The molecule has 0 aliphatic rings. The van der Waals surface area contributed by atoms with Gasteiger partial charge in [-0.3, -0.25) is 4.79 Å². The van der Waals surface area contributed by atoms with Gasteiger partial charge < -0.3 is 14.8 Å². The second kappa shape index (κ2) is 5.28. The summed E-state index contributed by atoms with van der Waals surface area (Å²) in [5.74, 6) is -0.0349. The molecule has 5 heteroatoms. The maximum Gasteiger partial charge on any atom is 0.305 e. The molecule has 0 radical (unpaired) electrons. The summed E-state index contributed by atoms with van der Waals surface area (Å²) in [5.41, 5.74) is 2.45. The molecule has 3 rings (SSSR count). The van der Waals surface area contributed by atoms with Crippen molar-refractivity contribution in [1.29, 1.82) is 0 Å². The van der Waals surface area contributed by atoms with E-state index < -0.39 is 5.97 Å². The van der Waals surface area contributed by atoms with Gasteiger partial charge in [-0.15, -0.1) is 0 Å². The number of phenols is 1. The third-order valence-electron chi connectivity index (χ3n) is 3.31. The molecular weight excluding hydrogens is 268 g/mol. The number of aryl methyl sites for hydroxylation is 1. The van der Waals surface area contributed by atoms with Crippen LogP contribution >= 0.6 is 0 Å². The highest BCUT2D eigenvalue weighted by Crippen LogP contribution is 2.27. The number of benzene rings is 2. The summed E-state index contributed by atoms with van der Waals surface area (Å²) in [6, 6.07) is 14.4. The predicted molar refractivity (Wildman–Crippen MR) is 79.1 cm³/mol. The molecule has 0 amide bonds. The van der Waals surface area contributed by atoms with Crippen molar-refractivity contribution in [2.45, 2.75) is 13.0 Å². The third kappa shape index (κ3) is 2.58. The van der Waals surface area contributed by atoms with Crippen molar-refractivity contribution in [3.05, 3.63) is 48.5 Å². The van der Waals surface area contributed by atoms with Crippen LogP contribution in [0.15, 0.2) is 48.5 Å². The first-order valence-corrected chi connectivity index (χ1v) is 6.61. The predicted octanol–water partition coefficient (Wildman–Crippen LogP) is 2.88. The van der Waals surface area contributed by atoms with E-state index in [9.17, 15) is 9.90 Å². The highest BCUT2D eigenvalue weighted by molar-refractivity contribution is 5.81. The number of aromatic nitrogens is 2. The van der Waals surface area contributed by atoms with Gasteiger partial charge in [-0.2, -0.15) is 0 Å². The lowest BCUT2D eigenvalue weighted by Crippen LogP contribution is -2.06. The van der Waals surface area contributed by atoms with Crippen LogP contribution in [0.4, 0.5) is 0 Å². The largest absolute Gasteiger partial charge is 0.508 e. The third-order valence-corrected chi connectivity index (χ3v) is 3.31. The number of para-hydroxylation sites is 2. The van der Waals surface area contributed by atoms with Gasteiger partial charge in [0.05, 0.1) is 17.5 Å². The molecule has 2 aromatic carbocycles.